The lowest BCUT2D eigenvalue weighted by molar-refractivity contribution is -0.169. The molecular formula is C15H16O9. The van der Waals surface area contributed by atoms with Crippen molar-refractivity contribution in [1.82, 2.24) is 0 Å². The van der Waals surface area contributed by atoms with Crippen molar-refractivity contribution in [2.45, 2.75) is 12.0 Å². The van der Waals surface area contributed by atoms with Crippen molar-refractivity contribution in [2.24, 2.45) is 0 Å². The van der Waals surface area contributed by atoms with Crippen LogP contribution in [-0.4, -0.2) is 58.0 Å². The van der Waals surface area contributed by atoms with Gasteiger partial charge < -0.3 is 29.9 Å². The van der Waals surface area contributed by atoms with Crippen LogP contribution in [0.1, 0.15) is 12.0 Å². The lowest BCUT2D eigenvalue weighted by Gasteiger charge is -2.17. The summed E-state index contributed by atoms with van der Waals surface area (Å²) in [6.45, 7) is 0. The highest BCUT2D eigenvalue weighted by molar-refractivity contribution is 6.14. The van der Waals surface area contributed by atoms with E-state index in [2.05, 4.69) is 0 Å². The number of methoxy groups -OCH3 is 2. The Balaban J connectivity index is 3.17. The van der Waals surface area contributed by atoms with E-state index >= 15 is 0 Å². The molecule has 0 amide bonds. The van der Waals surface area contributed by atoms with Crippen LogP contribution in [0.25, 0.3) is 6.08 Å². The van der Waals surface area contributed by atoms with Gasteiger partial charge in [-0.2, -0.15) is 0 Å². The highest BCUT2D eigenvalue weighted by Crippen LogP contribution is 2.37. The molecule has 0 aliphatic carbocycles. The number of ether oxygens (including phenoxy) is 2. The summed E-state index contributed by atoms with van der Waals surface area (Å²) in [6, 6.07) is 2.66. The highest BCUT2D eigenvalue weighted by Gasteiger charge is 2.44. The minimum Gasteiger partial charge on any atom is -0.502 e. The number of carboxylic acid groups (broad SMARTS) is 2. The minimum atomic E-state index is -3.08. The smallest absolute Gasteiger partial charge is 0.344 e. The molecule has 0 bridgehead atoms. The van der Waals surface area contributed by atoms with Crippen LogP contribution >= 0.6 is 0 Å². The zero-order chi connectivity index (χ0) is 18.5. The van der Waals surface area contributed by atoms with Gasteiger partial charge in [0.2, 0.25) is 11.4 Å². The molecule has 0 radical (unpaired) electrons. The Morgan fingerprint density at radius 1 is 1.12 bits per heavy atom. The monoisotopic (exact) mass is 340 g/mol. The van der Waals surface area contributed by atoms with Crippen LogP contribution in [0.15, 0.2) is 18.2 Å². The Kier molecular flexibility index (Phi) is 5.90. The number of hydrogen-bond donors (Lipinski definition) is 4. The lowest BCUT2D eigenvalue weighted by Crippen LogP contribution is -2.47. The van der Waals surface area contributed by atoms with Gasteiger partial charge in [-0.05, 0) is 23.8 Å². The molecular weight excluding hydrogens is 324 g/mol. The summed E-state index contributed by atoms with van der Waals surface area (Å²) in [4.78, 5) is 33.6. The number of benzene rings is 1. The normalized spacial score (nSPS) is 13.3. The average molecular weight is 340 g/mol. The number of aliphatic carboxylic acids is 2. The third-order valence-corrected chi connectivity index (χ3v) is 3.10. The molecule has 4 N–H and O–H groups in total. The molecule has 0 aromatic heterocycles. The number of rotatable bonds is 8. The maximum Gasteiger partial charge on any atom is 0.344 e. The van der Waals surface area contributed by atoms with Crippen LogP contribution in [0, 0.1) is 0 Å². The second kappa shape index (κ2) is 7.47. The van der Waals surface area contributed by atoms with Crippen LogP contribution in [0.3, 0.4) is 0 Å². The number of aliphatic hydroxyl groups is 1. The summed E-state index contributed by atoms with van der Waals surface area (Å²) in [5.74, 6) is -5.11. The van der Waals surface area contributed by atoms with Gasteiger partial charge >= 0.3 is 11.9 Å². The van der Waals surface area contributed by atoms with E-state index in [9.17, 15) is 24.6 Å². The SMILES string of the molecule is COc1cc(C=CC(=O)C(O)(CC(=O)O)C(=O)O)cc(OC)c1O. The fourth-order valence-electron chi connectivity index (χ4n) is 1.81. The lowest BCUT2D eigenvalue weighted by atomic mass is 9.93. The standard InChI is InChI=1S/C15H16O9/c1-23-9-5-8(6-10(24-2)13(9)19)3-4-11(16)15(22,14(20)21)7-12(17)18/h3-6,19,22H,7H2,1-2H3,(H,17,18)(H,20,21). The largest absolute Gasteiger partial charge is 0.502 e. The van der Waals surface area contributed by atoms with Crippen LogP contribution < -0.4 is 9.47 Å². The maximum atomic E-state index is 11.9. The summed E-state index contributed by atoms with van der Waals surface area (Å²) in [6.07, 6.45) is 0.568. The predicted molar refractivity (Wildman–Crippen MR) is 80.1 cm³/mol. The molecule has 0 aliphatic rings. The zero-order valence-corrected chi connectivity index (χ0v) is 12.8. The Morgan fingerprint density at radius 2 is 1.62 bits per heavy atom. The molecule has 1 aromatic rings. The molecule has 9 nitrogen and oxygen atoms in total. The summed E-state index contributed by atoms with van der Waals surface area (Å²) in [5.41, 5.74) is -2.79. The molecule has 24 heavy (non-hydrogen) atoms. The van der Waals surface area contributed by atoms with Gasteiger partial charge in [0.1, 0.15) is 0 Å². The van der Waals surface area contributed by atoms with Crippen LogP contribution in [-0.2, 0) is 14.4 Å². The van der Waals surface area contributed by atoms with Crippen molar-refractivity contribution in [1.29, 1.82) is 0 Å². The summed E-state index contributed by atoms with van der Waals surface area (Å²) in [5, 5.41) is 37.1. The second-order valence-electron chi connectivity index (χ2n) is 4.71. The maximum absolute atomic E-state index is 11.9. The molecule has 130 valence electrons. The molecule has 0 saturated heterocycles. The first kappa shape index (κ1) is 19.0. The minimum absolute atomic E-state index is 0.0421. The molecule has 0 heterocycles. The molecule has 1 aromatic carbocycles. The van der Waals surface area contributed by atoms with E-state index < -0.39 is 29.7 Å². The molecule has 0 aliphatic heterocycles. The number of carboxylic acids is 2. The Bertz CT molecular complexity index is 667. The highest BCUT2D eigenvalue weighted by atomic mass is 16.5. The average Bonchev–Trinajstić information content (AvgIpc) is 2.52. The second-order valence-corrected chi connectivity index (χ2v) is 4.71. The van der Waals surface area contributed by atoms with E-state index in [1.807, 2.05) is 0 Å². The Labute approximate surface area is 136 Å². The first-order valence-electron chi connectivity index (χ1n) is 6.50. The van der Waals surface area contributed by atoms with Gasteiger partial charge in [-0.25, -0.2) is 4.79 Å². The summed E-state index contributed by atoms with van der Waals surface area (Å²) < 4.78 is 9.85. The quantitative estimate of drug-likeness (QED) is 0.386. The van der Waals surface area contributed by atoms with Crippen molar-refractivity contribution >= 4 is 23.8 Å². The molecule has 0 spiro atoms. The predicted octanol–water partition coefficient (Wildman–Crippen LogP) is 0.282. The summed E-state index contributed by atoms with van der Waals surface area (Å²) >= 11 is 0. The van der Waals surface area contributed by atoms with Gasteiger partial charge in [0, 0.05) is 0 Å². The van der Waals surface area contributed by atoms with Gasteiger partial charge in [0.25, 0.3) is 0 Å². The van der Waals surface area contributed by atoms with Crippen molar-refractivity contribution < 1.29 is 44.3 Å². The van der Waals surface area contributed by atoms with Crippen molar-refractivity contribution in [3.8, 4) is 17.2 Å². The number of ketones is 1. The van der Waals surface area contributed by atoms with E-state index in [1.54, 1.807) is 0 Å². The van der Waals surface area contributed by atoms with Gasteiger partial charge in [0.05, 0.1) is 20.6 Å². The molecule has 0 fully saturated rings. The van der Waals surface area contributed by atoms with E-state index in [0.717, 1.165) is 12.2 Å². The number of aromatic hydroxyl groups is 1. The number of phenols is 1. The van der Waals surface area contributed by atoms with Gasteiger partial charge in [-0.1, -0.05) is 6.08 Å². The number of carbonyl (C=O) groups is 3. The Hall–Kier alpha value is -3.07. The molecule has 1 atom stereocenters. The van der Waals surface area contributed by atoms with Gasteiger partial charge in [0.15, 0.2) is 17.3 Å². The van der Waals surface area contributed by atoms with Crippen LogP contribution in [0.2, 0.25) is 0 Å². The topological polar surface area (TPSA) is 151 Å². The third-order valence-electron chi connectivity index (χ3n) is 3.10. The van der Waals surface area contributed by atoms with Crippen LogP contribution in [0.4, 0.5) is 0 Å². The number of hydrogen-bond acceptors (Lipinski definition) is 7. The van der Waals surface area contributed by atoms with E-state index in [0.29, 0.717) is 0 Å². The molecule has 9 heteroatoms. The van der Waals surface area contributed by atoms with Crippen molar-refractivity contribution in [3.63, 3.8) is 0 Å². The van der Waals surface area contributed by atoms with E-state index in [4.69, 9.17) is 19.7 Å². The number of carbonyl (C=O) groups excluding carboxylic acids is 1. The van der Waals surface area contributed by atoms with Gasteiger partial charge in [-0.3, -0.25) is 9.59 Å². The van der Waals surface area contributed by atoms with Crippen molar-refractivity contribution in [2.75, 3.05) is 14.2 Å². The van der Waals surface area contributed by atoms with Crippen LogP contribution in [0.5, 0.6) is 17.2 Å². The Morgan fingerprint density at radius 3 is 2.00 bits per heavy atom. The molecule has 1 rings (SSSR count). The molecule has 0 saturated carbocycles. The van der Waals surface area contributed by atoms with E-state index in [1.165, 1.54) is 26.4 Å². The fraction of sp³-hybridized carbons (Fsp3) is 0.267. The van der Waals surface area contributed by atoms with Crippen molar-refractivity contribution in [3.05, 3.63) is 23.8 Å². The third kappa shape index (κ3) is 4.02. The van der Waals surface area contributed by atoms with Gasteiger partial charge in [-0.15, -0.1) is 0 Å². The first-order valence-corrected chi connectivity index (χ1v) is 6.50. The number of phenolic OH excluding ortho intramolecular Hbond substituents is 1. The molecule has 1 unspecified atom stereocenters. The van der Waals surface area contributed by atoms with E-state index in [-0.39, 0.29) is 22.8 Å². The first-order chi connectivity index (χ1) is 11.2. The summed E-state index contributed by atoms with van der Waals surface area (Å²) in [7, 11) is 2.59. The zero-order valence-electron chi connectivity index (χ0n) is 12.8. The fourth-order valence-corrected chi connectivity index (χ4v) is 1.81.